The van der Waals surface area contributed by atoms with E-state index in [1.54, 1.807) is 0 Å². The highest BCUT2D eigenvalue weighted by molar-refractivity contribution is 5.94. The van der Waals surface area contributed by atoms with Gasteiger partial charge in [0.15, 0.2) is 0 Å². The monoisotopic (exact) mass is 497 g/mol. The van der Waals surface area contributed by atoms with E-state index in [9.17, 15) is 39.6 Å². The summed E-state index contributed by atoms with van der Waals surface area (Å²) in [7, 11) is 0. The number of nitrogens with two attached hydrogens (primary N) is 2. The lowest BCUT2D eigenvalue weighted by atomic mass is 10.0. The number of phenols is 1. The van der Waals surface area contributed by atoms with E-state index >= 15 is 0 Å². The number of carboxylic acid groups (broad SMARTS) is 1. The molecule has 0 aliphatic rings. The van der Waals surface area contributed by atoms with Gasteiger partial charge in [0.2, 0.25) is 17.7 Å². The Labute approximate surface area is 202 Å². The molecule has 3 amide bonds. The number of amides is 3. The van der Waals surface area contributed by atoms with Gasteiger partial charge < -0.3 is 47.8 Å². The van der Waals surface area contributed by atoms with Gasteiger partial charge in [-0.2, -0.15) is 0 Å². The summed E-state index contributed by atoms with van der Waals surface area (Å²) in [6.45, 7) is 0.833. The van der Waals surface area contributed by atoms with Crippen molar-refractivity contribution < 1.29 is 39.6 Å². The molecule has 0 saturated heterocycles. The van der Waals surface area contributed by atoms with Crippen LogP contribution in [0, 0.1) is 0 Å². The van der Waals surface area contributed by atoms with E-state index in [0.29, 0.717) is 24.9 Å². The molecule has 1 aromatic rings. The van der Waals surface area contributed by atoms with E-state index in [4.69, 9.17) is 11.5 Å². The summed E-state index contributed by atoms with van der Waals surface area (Å²) in [5.41, 5.74) is 11.6. The average Bonchev–Trinajstić information content (AvgIpc) is 2.81. The number of aliphatic carboxylic acids is 1. The molecule has 35 heavy (non-hydrogen) atoms. The fourth-order valence-electron chi connectivity index (χ4n) is 3.05. The number of benzene rings is 1. The molecular weight excluding hydrogens is 462 g/mol. The molecule has 1 aromatic carbocycles. The molecule has 1 rings (SSSR count). The van der Waals surface area contributed by atoms with Gasteiger partial charge in [-0.3, -0.25) is 14.4 Å². The van der Waals surface area contributed by atoms with Gasteiger partial charge in [0.05, 0.1) is 12.7 Å². The summed E-state index contributed by atoms with van der Waals surface area (Å²) in [5, 5.41) is 45.0. The highest BCUT2D eigenvalue weighted by atomic mass is 16.4. The van der Waals surface area contributed by atoms with E-state index in [1.807, 2.05) is 0 Å². The molecule has 13 heteroatoms. The predicted molar refractivity (Wildman–Crippen MR) is 125 cm³/mol. The average molecular weight is 498 g/mol. The van der Waals surface area contributed by atoms with Crippen molar-refractivity contribution in [3.8, 4) is 5.75 Å². The van der Waals surface area contributed by atoms with Crippen molar-refractivity contribution in [3.05, 3.63) is 29.8 Å². The molecule has 13 nitrogen and oxygen atoms in total. The number of rotatable bonds is 15. The summed E-state index contributed by atoms with van der Waals surface area (Å²) in [4.78, 5) is 49.3. The lowest BCUT2D eigenvalue weighted by molar-refractivity contribution is -0.142. The molecule has 5 atom stereocenters. The van der Waals surface area contributed by atoms with Crippen LogP contribution in [0.25, 0.3) is 0 Å². The van der Waals surface area contributed by atoms with Gasteiger partial charge in [0, 0.05) is 6.42 Å². The summed E-state index contributed by atoms with van der Waals surface area (Å²) >= 11 is 0. The molecular formula is C22H35N5O8. The quantitative estimate of drug-likeness (QED) is 0.114. The van der Waals surface area contributed by atoms with Crippen molar-refractivity contribution in [1.29, 1.82) is 0 Å². The first-order valence-corrected chi connectivity index (χ1v) is 11.2. The zero-order valence-electron chi connectivity index (χ0n) is 19.5. The third kappa shape index (κ3) is 10.3. The molecule has 0 heterocycles. The molecule has 0 aliphatic carbocycles. The Bertz CT molecular complexity index is 849. The number of phenolic OH excluding ortho intramolecular Hbond substituents is 1. The van der Waals surface area contributed by atoms with Crippen molar-refractivity contribution in [2.24, 2.45) is 11.5 Å². The molecule has 0 bridgehead atoms. The first-order chi connectivity index (χ1) is 16.5. The minimum Gasteiger partial charge on any atom is -0.508 e. The second-order valence-electron chi connectivity index (χ2n) is 8.13. The zero-order valence-corrected chi connectivity index (χ0v) is 19.5. The Balaban J connectivity index is 2.97. The summed E-state index contributed by atoms with van der Waals surface area (Å²) in [6, 6.07) is 0.477. The van der Waals surface area contributed by atoms with Crippen molar-refractivity contribution in [2.45, 2.75) is 62.9 Å². The largest absolute Gasteiger partial charge is 0.508 e. The van der Waals surface area contributed by atoms with Gasteiger partial charge in [-0.05, 0) is 50.4 Å². The Kier molecular flexibility index (Phi) is 12.7. The number of nitrogens with one attached hydrogen (secondary N) is 3. The molecule has 0 aliphatic heterocycles. The smallest absolute Gasteiger partial charge is 0.326 e. The maximum Gasteiger partial charge on any atom is 0.326 e. The van der Waals surface area contributed by atoms with Gasteiger partial charge in [0.25, 0.3) is 0 Å². The molecule has 11 N–H and O–H groups in total. The molecule has 196 valence electrons. The Morgan fingerprint density at radius 1 is 0.914 bits per heavy atom. The molecule has 0 radical (unpaired) electrons. The number of aliphatic hydroxyl groups is 2. The van der Waals surface area contributed by atoms with Gasteiger partial charge in [-0.25, -0.2) is 4.79 Å². The van der Waals surface area contributed by atoms with Crippen molar-refractivity contribution in [3.63, 3.8) is 0 Å². The summed E-state index contributed by atoms with van der Waals surface area (Å²) < 4.78 is 0. The fourth-order valence-corrected chi connectivity index (χ4v) is 3.05. The SMILES string of the molecule is CC(O)C(N)C(=O)NC(Cc1ccc(O)cc1)C(=O)NC(CO)C(=O)NC(CCCCN)C(=O)O. The zero-order chi connectivity index (χ0) is 26.5. The molecule has 5 unspecified atom stereocenters. The number of carboxylic acids is 1. The van der Waals surface area contributed by atoms with E-state index in [2.05, 4.69) is 16.0 Å². The van der Waals surface area contributed by atoms with Crippen molar-refractivity contribution >= 4 is 23.7 Å². The third-order valence-corrected chi connectivity index (χ3v) is 5.21. The van der Waals surface area contributed by atoms with E-state index in [-0.39, 0.29) is 18.6 Å². The number of aromatic hydroxyl groups is 1. The van der Waals surface area contributed by atoms with Gasteiger partial charge in [-0.15, -0.1) is 0 Å². The standard InChI is InChI=1S/C22H35N5O8/c1-12(29)18(24)21(33)26-16(10-13-5-7-14(30)8-6-13)19(31)27-17(11-28)20(32)25-15(22(34)35)4-2-3-9-23/h5-8,12,15-18,28-30H,2-4,9-11,23-24H2,1H3,(H,25,32)(H,26,33)(H,27,31)(H,34,35). The molecule has 0 aromatic heterocycles. The lowest BCUT2D eigenvalue weighted by Crippen LogP contribution is -2.59. The fraction of sp³-hybridized carbons (Fsp3) is 0.545. The van der Waals surface area contributed by atoms with E-state index < -0.39 is 60.6 Å². The van der Waals surface area contributed by atoms with Crippen LogP contribution in [0.5, 0.6) is 5.75 Å². The Morgan fingerprint density at radius 3 is 1.97 bits per heavy atom. The molecule has 0 saturated carbocycles. The van der Waals surface area contributed by atoms with Crippen LogP contribution in [0.4, 0.5) is 0 Å². The number of hydrogen-bond acceptors (Lipinski definition) is 9. The van der Waals surface area contributed by atoms with Gasteiger partial charge in [0.1, 0.15) is 29.9 Å². The third-order valence-electron chi connectivity index (χ3n) is 5.21. The van der Waals surface area contributed by atoms with Crippen LogP contribution in [0.1, 0.15) is 31.7 Å². The van der Waals surface area contributed by atoms with Crippen molar-refractivity contribution in [1.82, 2.24) is 16.0 Å². The van der Waals surface area contributed by atoms with Crippen LogP contribution in [0.15, 0.2) is 24.3 Å². The second-order valence-corrected chi connectivity index (χ2v) is 8.13. The van der Waals surface area contributed by atoms with E-state index in [0.717, 1.165) is 0 Å². The lowest BCUT2D eigenvalue weighted by Gasteiger charge is -2.25. The Morgan fingerprint density at radius 2 is 1.46 bits per heavy atom. The second kappa shape index (κ2) is 14.9. The van der Waals surface area contributed by atoms with Gasteiger partial charge >= 0.3 is 5.97 Å². The number of unbranched alkanes of at least 4 members (excludes halogenated alkanes) is 1. The van der Waals surface area contributed by atoms with Crippen LogP contribution in [0.3, 0.4) is 0 Å². The Hall–Kier alpha value is -3.26. The topological polar surface area (TPSA) is 237 Å². The van der Waals surface area contributed by atoms with E-state index in [1.165, 1.54) is 31.2 Å². The maximum atomic E-state index is 12.9. The first kappa shape index (κ1) is 29.8. The van der Waals surface area contributed by atoms with Crippen LogP contribution in [-0.2, 0) is 25.6 Å². The number of hydrogen-bond donors (Lipinski definition) is 9. The van der Waals surface area contributed by atoms with Crippen LogP contribution in [0.2, 0.25) is 0 Å². The van der Waals surface area contributed by atoms with Crippen LogP contribution in [-0.4, -0.2) is 87.5 Å². The highest BCUT2D eigenvalue weighted by Crippen LogP contribution is 2.12. The predicted octanol–water partition coefficient (Wildman–Crippen LogP) is -2.70. The van der Waals surface area contributed by atoms with Crippen molar-refractivity contribution in [2.75, 3.05) is 13.2 Å². The van der Waals surface area contributed by atoms with Crippen LogP contribution < -0.4 is 27.4 Å². The number of carbonyl (C=O) groups excluding carboxylic acids is 3. The first-order valence-electron chi connectivity index (χ1n) is 11.2. The number of aliphatic hydroxyl groups excluding tert-OH is 2. The number of carbonyl (C=O) groups is 4. The summed E-state index contributed by atoms with van der Waals surface area (Å²) in [5.74, 6) is -3.88. The normalized spacial score (nSPS) is 15.2. The maximum absolute atomic E-state index is 12.9. The van der Waals surface area contributed by atoms with Crippen LogP contribution >= 0.6 is 0 Å². The van der Waals surface area contributed by atoms with Gasteiger partial charge in [-0.1, -0.05) is 12.1 Å². The minimum atomic E-state index is -1.50. The minimum absolute atomic E-state index is 0.00798. The summed E-state index contributed by atoms with van der Waals surface area (Å²) in [6.07, 6.45) is -0.140. The highest BCUT2D eigenvalue weighted by Gasteiger charge is 2.30. The molecule has 0 fully saturated rings. The molecule has 0 spiro atoms.